The van der Waals surface area contributed by atoms with Gasteiger partial charge in [0.1, 0.15) is 17.7 Å². The number of hydrogen-bond donors (Lipinski definition) is 1. The molecule has 0 atom stereocenters. The maximum Gasteiger partial charge on any atom is 0.231 e. The zero-order valence-electron chi connectivity index (χ0n) is 8.72. The van der Waals surface area contributed by atoms with Gasteiger partial charge < -0.3 is 9.72 Å². The molecule has 2 aromatic heterocycles. The number of rotatable bonds is 2. The lowest BCUT2D eigenvalue weighted by Crippen LogP contribution is -1.89. The minimum absolute atomic E-state index is 0.513. The Morgan fingerprint density at radius 2 is 2.12 bits per heavy atom. The lowest BCUT2D eigenvalue weighted by atomic mass is 10.3. The van der Waals surface area contributed by atoms with E-state index < -0.39 is 0 Å². The monoisotopic (exact) mass is 245 g/mol. The van der Waals surface area contributed by atoms with E-state index in [1.54, 1.807) is 18.3 Å². The second-order valence-electron chi connectivity index (χ2n) is 3.48. The Balaban J connectivity index is 2.02. The van der Waals surface area contributed by atoms with E-state index in [0.29, 0.717) is 16.7 Å². The largest absolute Gasteiger partial charge is 0.438 e. The Kier molecular flexibility index (Phi) is 2.42. The van der Waals surface area contributed by atoms with Gasteiger partial charge in [-0.2, -0.15) is 0 Å². The van der Waals surface area contributed by atoms with Gasteiger partial charge in [0.15, 0.2) is 0 Å². The topological polar surface area (TPSA) is 50.8 Å². The molecule has 0 saturated heterocycles. The number of nitrogens with zero attached hydrogens (tertiary/aromatic N) is 2. The van der Waals surface area contributed by atoms with Crippen LogP contribution in [0.3, 0.4) is 0 Å². The molecular weight excluding hydrogens is 238 g/mol. The summed E-state index contributed by atoms with van der Waals surface area (Å²) in [6.45, 7) is 0. The minimum atomic E-state index is 0.513. The van der Waals surface area contributed by atoms with Crippen LogP contribution in [0, 0.1) is 0 Å². The van der Waals surface area contributed by atoms with Crippen LogP contribution in [-0.2, 0) is 0 Å². The first kappa shape index (κ1) is 10.1. The van der Waals surface area contributed by atoms with E-state index in [1.807, 2.05) is 18.2 Å². The summed E-state index contributed by atoms with van der Waals surface area (Å²) in [6.07, 6.45) is 3.25. The normalized spacial score (nSPS) is 10.6. The number of nitrogens with one attached hydrogen (secondary N) is 1. The van der Waals surface area contributed by atoms with Crippen molar-refractivity contribution in [2.45, 2.75) is 0 Å². The summed E-state index contributed by atoms with van der Waals surface area (Å²) in [7, 11) is 0. The number of H-pyrrole nitrogens is 1. The lowest BCUT2D eigenvalue weighted by Gasteiger charge is -2.05. The molecule has 0 aliphatic rings. The van der Waals surface area contributed by atoms with E-state index in [2.05, 4.69) is 15.0 Å². The first-order valence-corrected chi connectivity index (χ1v) is 5.42. The Morgan fingerprint density at radius 3 is 3.00 bits per heavy atom. The number of aromatic amines is 1. The molecule has 0 spiro atoms. The molecule has 0 bridgehead atoms. The second-order valence-corrected chi connectivity index (χ2v) is 3.91. The highest BCUT2D eigenvalue weighted by Gasteiger charge is 2.06. The molecule has 4 nitrogen and oxygen atoms in total. The predicted molar refractivity (Wildman–Crippen MR) is 65.4 cm³/mol. The van der Waals surface area contributed by atoms with E-state index in [4.69, 9.17) is 16.3 Å². The van der Waals surface area contributed by atoms with Crippen LogP contribution in [-0.4, -0.2) is 15.0 Å². The van der Waals surface area contributed by atoms with Crippen LogP contribution >= 0.6 is 11.6 Å². The van der Waals surface area contributed by atoms with Crippen molar-refractivity contribution < 1.29 is 4.74 Å². The Labute approximate surface area is 102 Å². The summed E-state index contributed by atoms with van der Waals surface area (Å²) in [4.78, 5) is 11.2. The van der Waals surface area contributed by atoms with Crippen molar-refractivity contribution in [3.63, 3.8) is 0 Å². The fourth-order valence-corrected chi connectivity index (χ4v) is 1.75. The quantitative estimate of drug-likeness (QED) is 0.753. The number of hydrogen-bond acceptors (Lipinski definition) is 3. The molecule has 0 aliphatic carbocycles. The van der Waals surface area contributed by atoms with Crippen LogP contribution in [0.5, 0.6) is 11.6 Å². The van der Waals surface area contributed by atoms with Crippen LogP contribution in [0.25, 0.3) is 11.0 Å². The van der Waals surface area contributed by atoms with Gasteiger partial charge in [-0.25, -0.2) is 9.97 Å². The number of fused-ring (bicyclic) bond motifs is 1. The van der Waals surface area contributed by atoms with Gasteiger partial charge in [-0.05, 0) is 24.3 Å². The standard InChI is InChI=1S/C12H8ClN3O/c13-8-2-1-3-9(6-8)17-12-10-4-5-14-11(10)15-7-16-12/h1-7H,(H,14,15,16). The molecule has 2 heterocycles. The molecule has 0 aliphatic heterocycles. The van der Waals surface area contributed by atoms with Crippen molar-refractivity contribution in [3.8, 4) is 11.6 Å². The molecule has 0 radical (unpaired) electrons. The van der Waals surface area contributed by atoms with E-state index in [1.165, 1.54) is 6.33 Å². The summed E-state index contributed by atoms with van der Waals surface area (Å²) < 4.78 is 5.68. The fourth-order valence-electron chi connectivity index (χ4n) is 1.57. The average Bonchev–Trinajstić information content (AvgIpc) is 2.78. The Bertz CT molecular complexity index is 665. The van der Waals surface area contributed by atoms with Crippen molar-refractivity contribution in [2.75, 3.05) is 0 Å². The summed E-state index contributed by atoms with van der Waals surface area (Å²) in [5.41, 5.74) is 0.747. The Hall–Kier alpha value is -2.07. The fraction of sp³-hybridized carbons (Fsp3) is 0. The summed E-state index contributed by atoms with van der Waals surface area (Å²) in [5, 5.41) is 1.47. The molecule has 84 valence electrons. The molecule has 3 aromatic rings. The van der Waals surface area contributed by atoms with Gasteiger partial charge in [-0.3, -0.25) is 0 Å². The second kappa shape index (κ2) is 4.07. The summed E-state index contributed by atoms with van der Waals surface area (Å²) in [6, 6.07) is 9.05. The van der Waals surface area contributed by atoms with Crippen LogP contribution in [0.4, 0.5) is 0 Å². The molecule has 0 amide bonds. The van der Waals surface area contributed by atoms with Gasteiger partial charge in [0.25, 0.3) is 0 Å². The van der Waals surface area contributed by atoms with Crippen LogP contribution < -0.4 is 4.74 Å². The van der Waals surface area contributed by atoms with Gasteiger partial charge >= 0.3 is 0 Å². The zero-order chi connectivity index (χ0) is 11.7. The van der Waals surface area contributed by atoms with E-state index in [9.17, 15) is 0 Å². The molecule has 5 heteroatoms. The Morgan fingerprint density at radius 1 is 1.18 bits per heavy atom. The molecule has 17 heavy (non-hydrogen) atoms. The van der Waals surface area contributed by atoms with E-state index >= 15 is 0 Å². The lowest BCUT2D eigenvalue weighted by molar-refractivity contribution is 0.468. The molecule has 3 rings (SSSR count). The van der Waals surface area contributed by atoms with Crippen LogP contribution in [0.1, 0.15) is 0 Å². The van der Waals surface area contributed by atoms with Gasteiger partial charge in [0.2, 0.25) is 5.88 Å². The molecule has 1 N–H and O–H groups in total. The number of ether oxygens (including phenoxy) is 1. The minimum Gasteiger partial charge on any atom is -0.438 e. The van der Waals surface area contributed by atoms with Crippen molar-refractivity contribution in [1.29, 1.82) is 0 Å². The first-order chi connectivity index (χ1) is 8.33. The summed E-state index contributed by atoms with van der Waals surface area (Å²) >= 11 is 5.89. The maximum absolute atomic E-state index is 5.89. The third-order valence-corrected chi connectivity index (χ3v) is 2.56. The van der Waals surface area contributed by atoms with Crippen LogP contribution in [0.15, 0.2) is 42.9 Å². The predicted octanol–water partition coefficient (Wildman–Crippen LogP) is 3.40. The van der Waals surface area contributed by atoms with Gasteiger partial charge in [0.05, 0.1) is 5.39 Å². The van der Waals surface area contributed by atoms with Gasteiger partial charge in [0, 0.05) is 11.2 Å². The highest BCUT2D eigenvalue weighted by atomic mass is 35.5. The van der Waals surface area contributed by atoms with Crippen molar-refractivity contribution in [1.82, 2.24) is 15.0 Å². The van der Waals surface area contributed by atoms with Crippen LogP contribution in [0.2, 0.25) is 5.02 Å². The highest BCUT2D eigenvalue weighted by Crippen LogP contribution is 2.27. The maximum atomic E-state index is 5.89. The van der Waals surface area contributed by atoms with E-state index in [-0.39, 0.29) is 0 Å². The van der Waals surface area contributed by atoms with Crippen molar-refractivity contribution in [3.05, 3.63) is 47.9 Å². The third kappa shape index (κ3) is 1.94. The average molecular weight is 246 g/mol. The number of aromatic nitrogens is 3. The molecule has 1 aromatic carbocycles. The molecule has 0 unspecified atom stereocenters. The van der Waals surface area contributed by atoms with Crippen molar-refractivity contribution in [2.24, 2.45) is 0 Å². The van der Waals surface area contributed by atoms with Gasteiger partial charge in [-0.1, -0.05) is 17.7 Å². The zero-order valence-corrected chi connectivity index (χ0v) is 9.48. The van der Waals surface area contributed by atoms with Crippen molar-refractivity contribution >= 4 is 22.6 Å². The third-order valence-electron chi connectivity index (χ3n) is 2.33. The smallest absolute Gasteiger partial charge is 0.231 e. The first-order valence-electron chi connectivity index (χ1n) is 5.04. The summed E-state index contributed by atoms with van der Waals surface area (Å²) in [5.74, 6) is 1.16. The number of benzene rings is 1. The molecule has 0 fully saturated rings. The molecular formula is C12H8ClN3O. The number of halogens is 1. The molecule has 0 saturated carbocycles. The van der Waals surface area contributed by atoms with E-state index in [0.717, 1.165) is 11.0 Å². The SMILES string of the molecule is Clc1cccc(Oc2ncnc3[nH]ccc23)c1. The van der Waals surface area contributed by atoms with Gasteiger partial charge in [-0.15, -0.1) is 0 Å². The highest BCUT2D eigenvalue weighted by molar-refractivity contribution is 6.30.